The normalized spacial score (nSPS) is 29.0. The highest BCUT2D eigenvalue weighted by Gasteiger charge is 2.52. The Morgan fingerprint density at radius 1 is 1.43 bits per heavy atom. The van der Waals surface area contributed by atoms with Crippen LogP contribution in [0.25, 0.3) is 0 Å². The zero-order valence-electron chi connectivity index (χ0n) is 13.2. The molecule has 0 bridgehead atoms. The summed E-state index contributed by atoms with van der Waals surface area (Å²) in [5.74, 6) is 1.72. The molecule has 4 nitrogen and oxygen atoms in total. The highest BCUT2D eigenvalue weighted by molar-refractivity contribution is 6.05. The third-order valence-electron chi connectivity index (χ3n) is 5.25. The van der Waals surface area contributed by atoms with Crippen LogP contribution in [0.3, 0.4) is 0 Å². The average molecular weight is 289 g/mol. The minimum Gasteiger partial charge on any atom is -0.508 e. The van der Waals surface area contributed by atoms with E-state index in [1.807, 2.05) is 13.8 Å². The lowest BCUT2D eigenvalue weighted by Crippen LogP contribution is -2.55. The van der Waals surface area contributed by atoms with Gasteiger partial charge in [-0.2, -0.15) is 0 Å². The second-order valence-corrected chi connectivity index (χ2v) is 6.23. The Morgan fingerprint density at radius 2 is 2.19 bits per heavy atom. The van der Waals surface area contributed by atoms with Crippen LogP contribution in [-0.4, -0.2) is 23.5 Å². The molecule has 1 aromatic carbocycles. The molecule has 0 radical (unpaired) electrons. The zero-order valence-corrected chi connectivity index (χ0v) is 13.2. The van der Waals surface area contributed by atoms with Crippen molar-refractivity contribution < 1.29 is 14.7 Å². The fraction of sp³-hybridized carbons (Fsp3) is 0.588. The van der Waals surface area contributed by atoms with E-state index in [4.69, 9.17) is 9.57 Å². The number of oxime groups is 1. The maximum Gasteiger partial charge on any atom is 0.132 e. The molecule has 2 atom stereocenters. The summed E-state index contributed by atoms with van der Waals surface area (Å²) < 4.78 is 6.45. The highest BCUT2D eigenvalue weighted by Crippen LogP contribution is 2.52. The number of aromatic hydroxyl groups is 1. The molecule has 1 N–H and O–H groups in total. The van der Waals surface area contributed by atoms with Crippen molar-refractivity contribution in [2.45, 2.75) is 52.1 Å². The van der Waals surface area contributed by atoms with Gasteiger partial charge in [-0.15, -0.1) is 0 Å². The third-order valence-corrected chi connectivity index (χ3v) is 5.25. The van der Waals surface area contributed by atoms with E-state index in [0.29, 0.717) is 5.92 Å². The average Bonchev–Trinajstić information content (AvgIpc) is 2.45. The standard InChI is InChI=1S/C17H23NO3/c1-5-12-6-7-17(12)9-14(18-20-4)13-8-15(19)10(2)11(3)16(13)21-17/h8,12,19H,5-7,9H2,1-4H3. The lowest BCUT2D eigenvalue weighted by atomic mass is 9.64. The van der Waals surface area contributed by atoms with Gasteiger partial charge in [0.1, 0.15) is 24.2 Å². The van der Waals surface area contributed by atoms with Crippen LogP contribution in [0.2, 0.25) is 0 Å². The summed E-state index contributed by atoms with van der Waals surface area (Å²) in [6.45, 7) is 6.13. The summed E-state index contributed by atoms with van der Waals surface area (Å²) in [6, 6.07) is 1.75. The molecule has 2 aliphatic rings. The lowest BCUT2D eigenvalue weighted by molar-refractivity contribution is -0.0707. The molecule has 1 aliphatic carbocycles. The van der Waals surface area contributed by atoms with Crippen LogP contribution < -0.4 is 4.74 Å². The predicted molar refractivity (Wildman–Crippen MR) is 82.1 cm³/mol. The Morgan fingerprint density at radius 3 is 2.76 bits per heavy atom. The van der Waals surface area contributed by atoms with Crippen molar-refractivity contribution in [2.75, 3.05) is 7.11 Å². The lowest BCUT2D eigenvalue weighted by Gasteiger charge is -2.52. The minimum absolute atomic E-state index is 0.132. The Kier molecular flexibility index (Phi) is 3.34. The molecule has 1 aromatic rings. The van der Waals surface area contributed by atoms with Gasteiger partial charge in [-0.25, -0.2) is 0 Å². The van der Waals surface area contributed by atoms with Crippen molar-refractivity contribution >= 4 is 5.71 Å². The Bertz CT molecular complexity index is 607. The van der Waals surface area contributed by atoms with E-state index in [2.05, 4.69) is 12.1 Å². The van der Waals surface area contributed by atoms with Crippen LogP contribution in [0.1, 0.15) is 49.3 Å². The second kappa shape index (κ2) is 4.93. The van der Waals surface area contributed by atoms with Gasteiger partial charge in [0.05, 0.1) is 5.71 Å². The first-order chi connectivity index (χ1) is 10.0. The Hall–Kier alpha value is -1.71. The van der Waals surface area contributed by atoms with E-state index < -0.39 is 0 Å². The largest absolute Gasteiger partial charge is 0.508 e. The first-order valence-corrected chi connectivity index (χ1v) is 7.65. The minimum atomic E-state index is -0.132. The molecular weight excluding hydrogens is 266 g/mol. The van der Waals surface area contributed by atoms with Crippen LogP contribution in [0, 0.1) is 19.8 Å². The molecule has 0 saturated heterocycles. The summed E-state index contributed by atoms with van der Waals surface area (Å²) in [7, 11) is 1.56. The molecule has 1 heterocycles. The number of hydrogen-bond acceptors (Lipinski definition) is 4. The van der Waals surface area contributed by atoms with Gasteiger partial charge in [-0.1, -0.05) is 12.1 Å². The highest BCUT2D eigenvalue weighted by atomic mass is 16.6. The van der Waals surface area contributed by atoms with Crippen molar-refractivity contribution in [3.05, 3.63) is 22.8 Å². The maximum absolute atomic E-state index is 10.1. The molecule has 1 aliphatic heterocycles. The van der Waals surface area contributed by atoms with Crippen molar-refractivity contribution in [1.29, 1.82) is 0 Å². The summed E-state index contributed by atoms with van der Waals surface area (Å²) in [5, 5.41) is 14.3. The molecule has 1 spiro atoms. The van der Waals surface area contributed by atoms with Gasteiger partial charge in [0.25, 0.3) is 0 Å². The quantitative estimate of drug-likeness (QED) is 0.845. The van der Waals surface area contributed by atoms with Crippen molar-refractivity contribution in [2.24, 2.45) is 11.1 Å². The predicted octanol–water partition coefficient (Wildman–Crippen LogP) is 3.70. The smallest absolute Gasteiger partial charge is 0.132 e. The van der Waals surface area contributed by atoms with Crippen LogP contribution in [0.15, 0.2) is 11.2 Å². The second-order valence-electron chi connectivity index (χ2n) is 6.23. The van der Waals surface area contributed by atoms with Gasteiger partial charge < -0.3 is 14.7 Å². The summed E-state index contributed by atoms with van der Waals surface area (Å²) in [5.41, 5.74) is 3.48. The Balaban J connectivity index is 2.14. The van der Waals surface area contributed by atoms with Gasteiger partial charge in [0.15, 0.2) is 0 Å². The SMILES string of the molecule is CCC1CCC12CC(=NOC)c1cc(O)c(C)c(C)c1O2. The van der Waals surface area contributed by atoms with Gasteiger partial charge >= 0.3 is 0 Å². The fourth-order valence-corrected chi connectivity index (χ4v) is 3.64. The van der Waals surface area contributed by atoms with E-state index in [1.54, 1.807) is 13.2 Å². The number of rotatable bonds is 2. The van der Waals surface area contributed by atoms with E-state index >= 15 is 0 Å². The molecule has 21 heavy (non-hydrogen) atoms. The van der Waals surface area contributed by atoms with E-state index in [-0.39, 0.29) is 11.4 Å². The number of phenols is 1. The molecular formula is C17H23NO3. The van der Waals surface area contributed by atoms with Crippen LogP contribution >= 0.6 is 0 Å². The van der Waals surface area contributed by atoms with E-state index in [9.17, 15) is 5.11 Å². The molecule has 2 unspecified atom stereocenters. The topological polar surface area (TPSA) is 51.0 Å². The number of phenolic OH excluding ortho intramolecular Hbond substituents is 1. The van der Waals surface area contributed by atoms with Gasteiger partial charge in [-0.3, -0.25) is 0 Å². The van der Waals surface area contributed by atoms with Crippen LogP contribution in [-0.2, 0) is 4.84 Å². The first-order valence-electron chi connectivity index (χ1n) is 7.65. The van der Waals surface area contributed by atoms with Crippen molar-refractivity contribution in [1.82, 2.24) is 0 Å². The maximum atomic E-state index is 10.1. The molecule has 3 rings (SSSR count). The Labute approximate surface area is 125 Å². The van der Waals surface area contributed by atoms with Crippen molar-refractivity contribution in [3.8, 4) is 11.5 Å². The molecule has 1 fully saturated rings. The molecule has 114 valence electrons. The van der Waals surface area contributed by atoms with Gasteiger partial charge in [0, 0.05) is 12.0 Å². The van der Waals surface area contributed by atoms with Crippen molar-refractivity contribution in [3.63, 3.8) is 0 Å². The summed E-state index contributed by atoms with van der Waals surface area (Å²) in [6.07, 6.45) is 4.15. The summed E-state index contributed by atoms with van der Waals surface area (Å²) >= 11 is 0. The van der Waals surface area contributed by atoms with E-state index in [0.717, 1.165) is 47.4 Å². The van der Waals surface area contributed by atoms with Gasteiger partial charge in [0.2, 0.25) is 0 Å². The first kappa shape index (κ1) is 14.2. The monoisotopic (exact) mass is 289 g/mol. The molecule has 0 aromatic heterocycles. The number of benzene rings is 1. The summed E-state index contributed by atoms with van der Waals surface area (Å²) in [4.78, 5) is 5.03. The zero-order chi connectivity index (χ0) is 15.2. The van der Waals surface area contributed by atoms with E-state index in [1.165, 1.54) is 6.42 Å². The molecule has 4 heteroatoms. The van der Waals surface area contributed by atoms with Gasteiger partial charge in [-0.05, 0) is 56.2 Å². The molecule has 1 saturated carbocycles. The number of nitrogens with zero attached hydrogens (tertiary/aromatic N) is 1. The van der Waals surface area contributed by atoms with Crippen LogP contribution in [0.5, 0.6) is 11.5 Å². The number of ether oxygens (including phenoxy) is 1. The third kappa shape index (κ3) is 2.00. The number of hydrogen-bond donors (Lipinski definition) is 1. The number of fused-ring (bicyclic) bond motifs is 1. The molecule has 0 amide bonds. The fourth-order valence-electron chi connectivity index (χ4n) is 3.64. The van der Waals surface area contributed by atoms with Crippen LogP contribution in [0.4, 0.5) is 0 Å².